The summed E-state index contributed by atoms with van der Waals surface area (Å²) in [6, 6.07) is 15.4. The Morgan fingerprint density at radius 3 is 2.48 bits per heavy atom. The molecule has 4 nitrogen and oxygen atoms in total. The number of hydrogen-bond acceptors (Lipinski definition) is 4. The Balaban J connectivity index is 1.76. The predicted octanol–water partition coefficient (Wildman–Crippen LogP) is 6.36. The summed E-state index contributed by atoms with van der Waals surface area (Å²) in [5, 5.41) is 6.60. The molecule has 6 heteroatoms. The van der Waals surface area contributed by atoms with Crippen LogP contribution in [-0.4, -0.2) is 15.0 Å². The maximum atomic E-state index is 6.35. The van der Waals surface area contributed by atoms with Crippen LogP contribution in [0.25, 0.3) is 22.0 Å². The van der Waals surface area contributed by atoms with Gasteiger partial charge in [-0.15, -0.1) is 0 Å². The van der Waals surface area contributed by atoms with Crippen molar-refractivity contribution in [1.82, 2.24) is 15.0 Å². The monoisotopic (exact) mass is 394 g/mol. The summed E-state index contributed by atoms with van der Waals surface area (Å²) in [4.78, 5) is 13.9. The zero-order chi connectivity index (χ0) is 19.0. The van der Waals surface area contributed by atoms with Gasteiger partial charge in [0, 0.05) is 22.2 Å². The summed E-state index contributed by atoms with van der Waals surface area (Å²) in [6.45, 7) is 3.82. The zero-order valence-electron chi connectivity index (χ0n) is 14.8. The summed E-state index contributed by atoms with van der Waals surface area (Å²) >= 11 is 12.3. The van der Waals surface area contributed by atoms with Crippen molar-refractivity contribution in [2.45, 2.75) is 13.8 Å². The van der Waals surface area contributed by atoms with Gasteiger partial charge in [0.05, 0.1) is 22.1 Å². The quantitative estimate of drug-likeness (QED) is 0.439. The minimum atomic E-state index is 0.552. The first-order valence-electron chi connectivity index (χ1n) is 8.44. The van der Waals surface area contributed by atoms with E-state index >= 15 is 0 Å². The second kappa shape index (κ2) is 7.14. The van der Waals surface area contributed by atoms with Gasteiger partial charge < -0.3 is 5.32 Å². The van der Waals surface area contributed by atoms with Crippen LogP contribution < -0.4 is 5.32 Å². The number of pyridine rings is 1. The topological polar surface area (TPSA) is 50.7 Å². The molecule has 2 aromatic carbocycles. The fourth-order valence-corrected chi connectivity index (χ4v) is 3.49. The molecular weight excluding hydrogens is 379 g/mol. The number of benzene rings is 2. The van der Waals surface area contributed by atoms with Gasteiger partial charge in [-0.05, 0) is 43.5 Å². The van der Waals surface area contributed by atoms with E-state index in [1.807, 2.05) is 44.2 Å². The van der Waals surface area contributed by atoms with Crippen LogP contribution in [0.1, 0.15) is 11.4 Å². The third-order valence-corrected chi connectivity index (χ3v) is 4.89. The van der Waals surface area contributed by atoms with Gasteiger partial charge in [0.2, 0.25) is 0 Å². The molecule has 2 aromatic heterocycles. The van der Waals surface area contributed by atoms with Crippen LogP contribution in [0.5, 0.6) is 0 Å². The summed E-state index contributed by atoms with van der Waals surface area (Å²) in [5.74, 6) is 1.42. The average molecular weight is 395 g/mol. The van der Waals surface area contributed by atoms with Crippen molar-refractivity contribution in [2.24, 2.45) is 0 Å². The van der Waals surface area contributed by atoms with E-state index in [1.54, 1.807) is 18.3 Å². The molecule has 134 valence electrons. The van der Waals surface area contributed by atoms with Gasteiger partial charge in [-0.2, -0.15) is 0 Å². The zero-order valence-corrected chi connectivity index (χ0v) is 16.3. The summed E-state index contributed by atoms with van der Waals surface area (Å²) in [7, 11) is 0. The standard InChI is InChI=1S/C21H16Cl2N4/c1-12-19(17-8-7-15(22)11-18(17)23)25-13(2)20(26-12)27-21-16-6-4-3-5-14(16)9-10-24-21/h3-11H,1-2H3,(H,24,26,27). The van der Waals surface area contributed by atoms with E-state index in [0.29, 0.717) is 15.9 Å². The molecule has 4 aromatic rings. The molecule has 0 aliphatic rings. The first-order valence-corrected chi connectivity index (χ1v) is 9.20. The third-order valence-electron chi connectivity index (χ3n) is 4.34. The van der Waals surface area contributed by atoms with Crippen LogP contribution >= 0.6 is 23.2 Å². The smallest absolute Gasteiger partial charge is 0.153 e. The number of halogens is 2. The molecular formula is C21H16Cl2N4. The Labute approximate surface area is 167 Å². The molecule has 0 fully saturated rings. The number of aromatic nitrogens is 3. The lowest BCUT2D eigenvalue weighted by Crippen LogP contribution is -2.04. The molecule has 0 saturated carbocycles. The van der Waals surface area contributed by atoms with E-state index < -0.39 is 0 Å². The molecule has 0 saturated heterocycles. The number of nitrogens with zero attached hydrogens (tertiary/aromatic N) is 3. The summed E-state index contributed by atoms with van der Waals surface area (Å²) < 4.78 is 0. The highest BCUT2D eigenvalue weighted by Crippen LogP contribution is 2.32. The van der Waals surface area contributed by atoms with Crippen molar-refractivity contribution in [3.05, 3.63) is 76.2 Å². The number of rotatable bonds is 3. The summed E-state index contributed by atoms with van der Waals surface area (Å²) in [6.07, 6.45) is 1.78. The van der Waals surface area contributed by atoms with Gasteiger partial charge in [-0.3, -0.25) is 0 Å². The van der Waals surface area contributed by atoms with E-state index in [2.05, 4.69) is 16.4 Å². The highest BCUT2D eigenvalue weighted by atomic mass is 35.5. The van der Waals surface area contributed by atoms with Crippen molar-refractivity contribution in [3.8, 4) is 11.3 Å². The molecule has 1 N–H and O–H groups in total. The number of nitrogens with one attached hydrogen (secondary N) is 1. The first-order chi connectivity index (χ1) is 13.0. The van der Waals surface area contributed by atoms with Crippen molar-refractivity contribution >= 4 is 45.6 Å². The van der Waals surface area contributed by atoms with Gasteiger partial charge in [0.1, 0.15) is 5.82 Å². The molecule has 0 aliphatic heterocycles. The van der Waals surface area contributed by atoms with Crippen LogP contribution in [0, 0.1) is 13.8 Å². The number of fused-ring (bicyclic) bond motifs is 1. The number of hydrogen-bond donors (Lipinski definition) is 1. The van der Waals surface area contributed by atoms with E-state index in [-0.39, 0.29) is 0 Å². The van der Waals surface area contributed by atoms with E-state index in [4.69, 9.17) is 33.2 Å². The maximum absolute atomic E-state index is 6.35. The molecule has 0 radical (unpaired) electrons. The Kier molecular flexibility index (Phi) is 4.68. The molecule has 2 heterocycles. The number of aryl methyl sites for hydroxylation is 2. The third kappa shape index (κ3) is 3.46. The van der Waals surface area contributed by atoms with Crippen molar-refractivity contribution in [3.63, 3.8) is 0 Å². The fraction of sp³-hybridized carbons (Fsp3) is 0.0952. The van der Waals surface area contributed by atoms with Gasteiger partial charge in [0.15, 0.2) is 5.82 Å². The highest BCUT2D eigenvalue weighted by molar-refractivity contribution is 6.36. The lowest BCUT2D eigenvalue weighted by atomic mass is 10.1. The minimum Gasteiger partial charge on any atom is -0.323 e. The lowest BCUT2D eigenvalue weighted by molar-refractivity contribution is 1.07. The average Bonchev–Trinajstić information content (AvgIpc) is 2.65. The molecule has 0 amide bonds. The second-order valence-corrected chi connectivity index (χ2v) is 7.07. The Hall–Kier alpha value is -2.69. The Morgan fingerprint density at radius 2 is 1.67 bits per heavy atom. The molecule has 0 bridgehead atoms. The Bertz CT molecular complexity index is 1150. The first kappa shape index (κ1) is 17.7. The van der Waals surface area contributed by atoms with E-state index in [9.17, 15) is 0 Å². The van der Waals surface area contributed by atoms with E-state index in [0.717, 1.165) is 39.2 Å². The Morgan fingerprint density at radius 1 is 0.852 bits per heavy atom. The van der Waals surface area contributed by atoms with Crippen LogP contribution in [0.15, 0.2) is 54.7 Å². The molecule has 0 unspecified atom stereocenters. The van der Waals surface area contributed by atoms with Gasteiger partial charge in [-0.1, -0.05) is 47.5 Å². The van der Waals surface area contributed by atoms with Crippen LogP contribution in [0.4, 0.5) is 11.6 Å². The van der Waals surface area contributed by atoms with Gasteiger partial charge in [0.25, 0.3) is 0 Å². The van der Waals surface area contributed by atoms with Crippen molar-refractivity contribution in [1.29, 1.82) is 0 Å². The highest BCUT2D eigenvalue weighted by Gasteiger charge is 2.14. The van der Waals surface area contributed by atoms with Gasteiger partial charge in [-0.25, -0.2) is 15.0 Å². The van der Waals surface area contributed by atoms with Gasteiger partial charge >= 0.3 is 0 Å². The van der Waals surface area contributed by atoms with Crippen LogP contribution in [0.3, 0.4) is 0 Å². The SMILES string of the molecule is Cc1nc(-c2ccc(Cl)cc2Cl)c(C)nc1Nc1nccc2ccccc12. The predicted molar refractivity (Wildman–Crippen MR) is 112 cm³/mol. The van der Waals surface area contributed by atoms with Crippen molar-refractivity contribution in [2.75, 3.05) is 5.32 Å². The molecule has 0 spiro atoms. The number of anilines is 2. The normalized spacial score (nSPS) is 11.0. The maximum Gasteiger partial charge on any atom is 0.153 e. The fourth-order valence-electron chi connectivity index (χ4n) is 2.99. The van der Waals surface area contributed by atoms with E-state index in [1.165, 1.54) is 0 Å². The summed E-state index contributed by atoms with van der Waals surface area (Å²) in [5.41, 5.74) is 3.08. The largest absolute Gasteiger partial charge is 0.323 e. The molecule has 27 heavy (non-hydrogen) atoms. The minimum absolute atomic E-state index is 0.552. The van der Waals surface area contributed by atoms with Crippen LogP contribution in [-0.2, 0) is 0 Å². The lowest BCUT2D eigenvalue weighted by Gasteiger charge is -2.14. The second-order valence-electron chi connectivity index (χ2n) is 6.22. The molecule has 0 aliphatic carbocycles. The van der Waals surface area contributed by atoms with Crippen LogP contribution in [0.2, 0.25) is 10.0 Å². The van der Waals surface area contributed by atoms with Crippen molar-refractivity contribution < 1.29 is 0 Å². The molecule has 0 atom stereocenters. The molecule has 4 rings (SSSR count).